The minimum atomic E-state index is 0.427. The fourth-order valence-corrected chi connectivity index (χ4v) is 2.74. The Labute approximate surface area is 134 Å². The van der Waals surface area contributed by atoms with Gasteiger partial charge in [-0.1, -0.05) is 37.6 Å². The smallest absolute Gasteiger partial charge is 0.119 e. The van der Waals surface area contributed by atoms with E-state index in [1.807, 2.05) is 13.8 Å². The van der Waals surface area contributed by atoms with Crippen LogP contribution in [0.2, 0.25) is 0 Å². The maximum atomic E-state index is 5.53. The molecule has 0 aliphatic heterocycles. The van der Waals surface area contributed by atoms with Gasteiger partial charge in [-0.2, -0.15) is 0 Å². The van der Waals surface area contributed by atoms with E-state index in [0.717, 1.165) is 24.3 Å². The van der Waals surface area contributed by atoms with E-state index in [2.05, 4.69) is 55.5 Å². The summed E-state index contributed by atoms with van der Waals surface area (Å²) < 4.78 is 11.1. The Morgan fingerprint density at radius 1 is 0.682 bits per heavy atom. The minimum Gasteiger partial charge on any atom is -0.494 e. The van der Waals surface area contributed by atoms with Crippen LogP contribution in [0.3, 0.4) is 0 Å². The van der Waals surface area contributed by atoms with Crippen LogP contribution < -0.4 is 9.47 Å². The van der Waals surface area contributed by atoms with Gasteiger partial charge < -0.3 is 9.47 Å². The summed E-state index contributed by atoms with van der Waals surface area (Å²) in [5.74, 6) is 2.30. The van der Waals surface area contributed by atoms with Crippen molar-refractivity contribution in [2.45, 2.75) is 39.5 Å². The van der Waals surface area contributed by atoms with E-state index in [-0.39, 0.29) is 0 Å². The molecule has 0 bridgehead atoms. The second kappa shape index (κ2) is 8.47. The van der Waals surface area contributed by atoms with Gasteiger partial charge in [-0.3, -0.25) is 0 Å². The zero-order chi connectivity index (χ0) is 15.8. The van der Waals surface area contributed by atoms with Crippen molar-refractivity contribution >= 4 is 0 Å². The van der Waals surface area contributed by atoms with Crippen LogP contribution in [-0.4, -0.2) is 13.2 Å². The lowest BCUT2D eigenvalue weighted by atomic mass is 9.87. The summed E-state index contributed by atoms with van der Waals surface area (Å²) in [7, 11) is 0. The number of hydrogen-bond acceptors (Lipinski definition) is 2. The van der Waals surface area contributed by atoms with Gasteiger partial charge in [-0.25, -0.2) is 0 Å². The van der Waals surface area contributed by atoms with Gasteiger partial charge in [0.25, 0.3) is 0 Å². The van der Waals surface area contributed by atoms with Gasteiger partial charge >= 0.3 is 0 Å². The van der Waals surface area contributed by atoms with Crippen molar-refractivity contribution in [2.75, 3.05) is 13.2 Å². The molecule has 2 nitrogen and oxygen atoms in total. The molecule has 0 aliphatic carbocycles. The standard InChI is InChI=1S/C20H26O2/c1-4-7-20(16-8-12-18(13-9-16)21-5-2)17-10-14-19(15-11-17)22-6-3/h8-15,20H,4-7H2,1-3H3. The molecule has 118 valence electrons. The molecular formula is C20H26O2. The lowest BCUT2D eigenvalue weighted by molar-refractivity contribution is 0.340. The van der Waals surface area contributed by atoms with E-state index in [0.29, 0.717) is 19.1 Å². The van der Waals surface area contributed by atoms with Crippen LogP contribution in [0, 0.1) is 0 Å². The van der Waals surface area contributed by atoms with E-state index in [1.165, 1.54) is 11.1 Å². The fourth-order valence-electron chi connectivity index (χ4n) is 2.74. The Hall–Kier alpha value is -1.96. The second-order valence-electron chi connectivity index (χ2n) is 5.35. The summed E-state index contributed by atoms with van der Waals surface area (Å²) >= 11 is 0. The quantitative estimate of drug-likeness (QED) is 0.648. The van der Waals surface area contributed by atoms with E-state index in [9.17, 15) is 0 Å². The van der Waals surface area contributed by atoms with Crippen LogP contribution in [0.1, 0.15) is 50.7 Å². The van der Waals surface area contributed by atoms with Gasteiger partial charge in [-0.15, -0.1) is 0 Å². The molecule has 0 fully saturated rings. The molecule has 2 aromatic rings. The first-order chi connectivity index (χ1) is 10.8. The Bertz CT molecular complexity index is 493. The molecule has 0 saturated carbocycles. The lowest BCUT2D eigenvalue weighted by Gasteiger charge is -2.18. The molecule has 0 spiro atoms. The first-order valence-corrected chi connectivity index (χ1v) is 8.24. The first-order valence-electron chi connectivity index (χ1n) is 8.24. The Kier molecular flexibility index (Phi) is 6.32. The molecule has 0 heterocycles. The van der Waals surface area contributed by atoms with Crippen molar-refractivity contribution in [3.05, 3.63) is 59.7 Å². The number of benzene rings is 2. The highest BCUT2D eigenvalue weighted by Gasteiger charge is 2.13. The molecule has 0 aromatic heterocycles. The molecule has 22 heavy (non-hydrogen) atoms. The van der Waals surface area contributed by atoms with Crippen molar-refractivity contribution < 1.29 is 9.47 Å². The zero-order valence-corrected chi connectivity index (χ0v) is 13.8. The molecule has 0 atom stereocenters. The summed E-state index contributed by atoms with van der Waals surface area (Å²) in [6.07, 6.45) is 2.30. The monoisotopic (exact) mass is 298 g/mol. The SMILES string of the molecule is CCCC(c1ccc(OCC)cc1)c1ccc(OCC)cc1. The molecule has 2 rings (SSSR count). The van der Waals surface area contributed by atoms with Gasteiger partial charge in [0.1, 0.15) is 11.5 Å². The molecule has 0 unspecified atom stereocenters. The number of hydrogen-bond donors (Lipinski definition) is 0. The van der Waals surface area contributed by atoms with Gasteiger partial charge in [0, 0.05) is 5.92 Å². The largest absolute Gasteiger partial charge is 0.494 e. The van der Waals surface area contributed by atoms with Crippen molar-refractivity contribution in [1.82, 2.24) is 0 Å². The third-order valence-corrected chi connectivity index (χ3v) is 3.76. The van der Waals surface area contributed by atoms with Gasteiger partial charge in [-0.05, 0) is 55.7 Å². The summed E-state index contributed by atoms with van der Waals surface area (Å²) in [5, 5.41) is 0. The van der Waals surface area contributed by atoms with Crippen LogP contribution in [-0.2, 0) is 0 Å². The first kappa shape index (κ1) is 16.4. The molecule has 2 aromatic carbocycles. The number of ether oxygens (including phenoxy) is 2. The van der Waals surface area contributed by atoms with Crippen LogP contribution in [0.15, 0.2) is 48.5 Å². The molecule has 0 saturated heterocycles. The van der Waals surface area contributed by atoms with E-state index in [4.69, 9.17) is 9.47 Å². The van der Waals surface area contributed by atoms with E-state index in [1.54, 1.807) is 0 Å². The average molecular weight is 298 g/mol. The van der Waals surface area contributed by atoms with Crippen molar-refractivity contribution in [1.29, 1.82) is 0 Å². The van der Waals surface area contributed by atoms with E-state index >= 15 is 0 Å². The summed E-state index contributed by atoms with van der Waals surface area (Å²) in [6.45, 7) is 7.66. The zero-order valence-electron chi connectivity index (χ0n) is 13.8. The van der Waals surface area contributed by atoms with Gasteiger partial charge in [0.2, 0.25) is 0 Å². The highest BCUT2D eigenvalue weighted by Crippen LogP contribution is 2.31. The summed E-state index contributed by atoms with van der Waals surface area (Å²) in [5.41, 5.74) is 2.68. The summed E-state index contributed by atoms with van der Waals surface area (Å²) in [4.78, 5) is 0. The predicted molar refractivity (Wildman–Crippen MR) is 92.0 cm³/mol. The third kappa shape index (κ3) is 4.27. The van der Waals surface area contributed by atoms with Gasteiger partial charge in [0.05, 0.1) is 13.2 Å². The molecule has 0 aliphatic rings. The minimum absolute atomic E-state index is 0.427. The van der Waals surface area contributed by atoms with Crippen LogP contribution in [0.5, 0.6) is 11.5 Å². The van der Waals surface area contributed by atoms with Gasteiger partial charge in [0.15, 0.2) is 0 Å². The van der Waals surface area contributed by atoms with Crippen molar-refractivity contribution in [2.24, 2.45) is 0 Å². The maximum absolute atomic E-state index is 5.53. The van der Waals surface area contributed by atoms with Crippen molar-refractivity contribution in [3.63, 3.8) is 0 Å². The second-order valence-corrected chi connectivity index (χ2v) is 5.35. The fraction of sp³-hybridized carbons (Fsp3) is 0.400. The van der Waals surface area contributed by atoms with Crippen LogP contribution in [0.25, 0.3) is 0 Å². The molecule has 2 heteroatoms. The third-order valence-electron chi connectivity index (χ3n) is 3.76. The average Bonchev–Trinajstić information content (AvgIpc) is 2.55. The topological polar surface area (TPSA) is 18.5 Å². The molecule has 0 radical (unpaired) electrons. The summed E-state index contributed by atoms with van der Waals surface area (Å²) in [6, 6.07) is 17.0. The highest BCUT2D eigenvalue weighted by molar-refractivity contribution is 5.38. The number of rotatable bonds is 8. The molecule has 0 amide bonds. The van der Waals surface area contributed by atoms with Crippen molar-refractivity contribution in [3.8, 4) is 11.5 Å². The maximum Gasteiger partial charge on any atom is 0.119 e. The molecular weight excluding hydrogens is 272 g/mol. The van der Waals surface area contributed by atoms with E-state index < -0.39 is 0 Å². The van der Waals surface area contributed by atoms with Crippen LogP contribution in [0.4, 0.5) is 0 Å². The van der Waals surface area contributed by atoms with Crippen LogP contribution >= 0.6 is 0 Å². The Balaban J connectivity index is 2.21. The molecule has 0 N–H and O–H groups in total. The Morgan fingerprint density at radius 2 is 1.09 bits per heavy atom. The normalized spacial score (nSPS) is 10.7. The predicted octanol–water partition coefficient (Wildman–Crippen LogP) is 5.42. The Morgan fingerprint density at radius 3 is 1.41 bits per heavy atom. The highest BCUT2D eigenvalue weighted by atomic mass is 16.5. The lowest BCUT2D eigenvalue weighted by Crippen LogP contribution is -2.02.